The highest BCUT2D eigenvalue weighted by Crippen LogP contribution is 2.17. The van der Waals surface area contributed by atoms with Crippen LogP contribution in [0.3, 0.4) is 0 Å². The van der Waals surface area contributed by atoms with Crippen molar-refractivity contribution in [2.24, 2.45) is 7.05 Å². The van der Waals surface area contributed by atoms with Crippen molar-refractivity contribution in [1.29, 1.82) is 0 Å². The molecule has 0 spiro atoms. The third kappa shape index (κ3) is 2.70. The van der Waals surface area contributed by atoms with Crippen LogP contribution in [0.2, 0.25) is 0 Å². The average Bonchev–Trinajstić information content (AvgIpc) is 2.64. The summed E-state index contributed by atoms with van der Waals surface area (Å²) in [5.74, 6) is -1.79. The SMILES string of the molecule is Cc1nc(S(=O)(=O)Nc2ccc(F)nc2F)cn1C. The van der Waals surface area contributed by atoms with Gasteiger partial charge in [-0.1, -0.05) is 0 Å². The van der Waals surface area contributed by atoms with Gasteiger partial charge in [0.2, 0.25) is 11.9 Å². The number of aryl methyl sites for hydroxylation is 2. The molecular weight excluding hydrogens is 278 g/mol. The first kappa shape index (κ1) is 13.4. The molecule has 0 aliphatic rings. The van der Waals surface area contributed by atoms with E-state index in [0.717, 1.165) is 12.1 Å². The first-order valence-corrected chi connectivity index (χ1v) is 6.63. The van der Waals surface area contributed by atoms with Crippen LogP contribution in [0.5, 0.6) is 0 Å². The molecule has 0 saturated carbocycles. The Balaban J connectivity index is 2.36. The molecule has 9 heteroatoms. The molecule has 2 heterocycles. The molecule has 0 fully saturated rings. The van der Waals surface area contributed by atoms with Gasteiger partial charge in [0.05, 0.1) is 0 Å². The van der Waals surface area contributed by atoms with Crippen LogP contribution in [-0.2, 0) is 17.1 Å². The topological polar surface area (TPSA) is 76.9 Å². The van der Waals surface area contributed by atoms with Gasteiger partial charge in [-0.15, -0.1) is 0 Å². The Morgan fingerprint density at radius 2 is 1.95 bits per heavy atom. The van der Waals surface area contributed by atoms with E-state index in [4.69, 9.17) is 0 Å². The molecule has 2 rings (SSSR count). The lowest BCUT2D eigenvalue weighted by Gasteiger charge is -2.05. The van der Waals surface area contributed by atoms with Crippen molar-refractivity contribution in [1.82, 2.24) is 14.5 Å². The Morgan fingerprint density at radius 3 is 2.47 bits per heavy atom. The van der Waals surface area contributed by atoms with Crippen LogP contribution in [-0.4, -0.2) is 23.0 Å². The third-order valence-electron chi connectivity index (χ3n) is 2.42. The standard InChI is InChI=1S/C10H10F2N4O2S/c1-6-13-9(5-16(6)2)19(17,18)15-7-3-4-8(11)14-10(7)12/h3-5,15H,1-2H3. The lowest BCUT2D eigenvalue weighted by atomic mass is 10.4. The second-order valence-corrected chi connectivity index (χ2v) is 5.44. The Labute approximate surface area is 108 Å². The fourth-order valence-electron chi connectivity index (χ4n) is 1.34. The van der Waals surface area contributed by atoms with Gasteiger partial charge in [-0.05, 0) is 19.1 Å². The molecule has 0 atom stereocenters. The predicted octanol–water partition coefficient (Wildman–Crippen LogP) is 1.20. The van der Waals surface area contributed by atoms with Crippen LogP contribution < -0.4 is 4.72 Å². The number of hydrogen-bond acceptors (Lipinski definition) is 4. The van der Waals surface area contributed by atoms with Crippen molar-refractivity contribution in [2.75, 3.05) is 4.72 Å². The number of hydrogen-bond donors (Lipinski definition) is 1. The molecule has 0 aliphatic carbocycles. The number of nitrogens with zero attached hydrogens (tertiary/aromatic N) is 3. The van der Waals surface area contributed by atoms with Crippen molar-refractivity contribution >= 4 is 15.7 Å². The van der Waals surface area contributed by atoms with Gasteiger partial charge in [0.15, 0.2) is 5.03 Å². The summed E-state index contributed by atoms with van der Waals surface area (Å²) < 4.78 is 53.2. The van der Waals surface area contributed by atoms with Gasteiger partial charge in [0.25, 0.3) is 10.0 Å². The molecular formula is C10H10F2N4O2S. The van der Waals surface area contributed by atoms with E-state index in [2.05, 4.69) is 9.97 Å². The number of pyridine rings is 1. The second kappa shape index (κ2) is 4.57. The summed E-state index contributed by atoms with van der Waals surface area (Å²) in [4.78, 5) is 6.71. The molecule has 102 valence electrons. The molecule has 1 N–H and O–H groups in total. The summed E-state index contributed by atoms with van der Waals surface area (Å²) in [5, 5.41) is -0.253. The smallest absolute Gasteiger partial charge is 0.281 e. The molecule has 2 aromatic rings. The van der Waals surface area contributed by atoms with Gasteiger partial charge in [-0.3, -0.25) is 4.72 Å². The number of nitrogens with one attached hydrogen (secondary N) is 1. The van der Waals surface area contributed by atoms with E-state index in [-0.39, 0.29) is 5.03 Å². The maximum atomic E-state index is 13.3. The number of imidazole rings is 1. The van der Waals surface area contributed by atoms with Gasteiger partial charge in [-0.25, -0.2) is 4.98 Å². The van der Waals surface area contributed by atoms with Crippen molar-refractivity contribution in [3.8, 4) is 0 Å². The molecule has 0 saturated heterocycles. The van der Waals surface area contributed by atoms with Crippen molar-refractivity contribution in [3.05, 3.63) is 36.0 Å². The lowest BCUT2D eigenvalue weighted by Crippen LogP contribution is -2.15. The van der Waals surface area contributed by atoms with Gasteiger partial charge in [-0.2, -0.15) is 22.2 Å². The van der Waals surface area contributed by atoms with Crippen LogP contribution in [0.1, 0.15) is 5.82 Å². The summed E-state index contributed by atoms with van der Waals surface area (Å²) in [6.07, 6.45) is 1.28. The van der Waals surface area contributed by atoms with Crippen LogP contribution in [0.15, 0.2) is 23.4 Å². The molecule has 0 aliphatic heterocycles. The summed E-state index contributed by atoms with van der Waals surface area (Å²) in [6, 6.07) is 1.80. The zero-order valence-corrected chi connectivity index (χ0v) is 10.9. The Bertz CT molecular complexity index is 708. The Hall–Kier alpha value is -2.03. The van der Waals surface area contributed by atoms with Crippen molar-refractivity contribution in [2.45, 2.75) is 11.9 Å². The van der Waals surface area contributed by atoms with E-state index in [9.17, 15) is 17.2 Å². The minimum Gasteiger partial charge on any atom is -0.337 e. The predicted molar refractivity (Wildman–Crippen MR) is 62.9 cm³/mol. The van der Waals surface area contributed by atoms with Crippen LogP contribution in [0.4, 0.5) is 14.5 Å². The average molecular weight is 288 g/mol. The molecule has 0 unspecified atom stereocenters. The summed E-state index contributed by atoms with van der Waals surface area (Å²) >= 11 is 0. The quantitative estimate of drug-likeness (QED) is 0.861. The molecule has 2 aromatic heterocycles. The van der Waals surface area contributed by atoms with E-state index in [1.807, 2.05) is 4.72 Å². The highest BCUT2D eigenvalue weighted by molar-refractivity contribution is 7.92. The van der Waals surface area contributed by atoms with E-state index in [1.54, 1.807) is 14.0 Å². The summed E-state index contributed by atoms with van der Waals surface area (Å²) in [7, 11) is -2.41. The van der Waals surface area contributed by atoms with E-state index < -0.39 is 27.6 Å². The molecule has 19 heavy (non-hydrogen) atoms. The molecule has 6 nitrogen and oxygen atoms in total. The highest BCUT2D eigenvalue weighted by Gasteiger charge is 2.20. The van der Waals surface area contributed by atoms with E-state index in [0.29, 0.717) is 5.82 Å². The first-order valence-electron chi connectivity index (χ1n) is 5.14. The number of aromatic nitrogens is 3. The van der Waals surface area contributed by atoms with Gasteiger partial charge < -0.3 is 4.57 Å². The molecule has 0 amide bonds. The van der Waals surface area contributed by atoms with Crippen LogP contribution in [0.25, 0.3) is 0 Å². The van der Waals surface area contributed by atoms with Crippen LogP contribution in [0, 0.1) is 18.8 Å². The fourth-order valence-corrected chi connectivity index (χ4v) is 2.44. The fraction of sp³-hybridized carbons (Fsp3) is 0.200. The Kier molecular flexibility index (Phi) is 3.23. The number of anilines is 1. The minimum absolute atomic E-state index is 0.253. The van der Waals surface area contributed by atoms with Gasteiger partial charge in [0.1, 0.15) is 11.5 Å². The van der Waals surface area contributed by atoms with E-state index in [1.165, 1.54) is 10.8 Å². The van der Waals surface area contributed by atoms with Crippen LogP contribution >= 0.6 is 0 Å². The zero-order chi connectivity index (χ0) is 14.2. The maximum absolute atomic E-state index is 13.3. The number of sulfonamides is 1. The highest BCUT2D eigenvalue weighted by atomic mass is 32.2. The molecule has 0 radical (unpaired) electrons. The normalized spacial score (nSPS) is 11.6. The van der Waals surface area contributed by atoms with E-state index >= 15 is 0 Å². The lowest BCUT2D eigenvalue weighted by molar-refractivity contribution is 0.515. The van der Waals surface area contributed by atoms with Crippen molar-refractivity contribution in [3.63, 3.8) is 0 Å². The third-order valence-corrected chi connectivity index (χ3v) is 3.66. The number of rotatable bonds is 3. The zero-order valence-electron chi connectivity index (χ0n) is 10.1. The molecule has 0 aromatic carbocycles. The van der Waals surface area contributed by atoms with Gasteiger partial charge >= 0.3 is 0 Å². The molecule has 0 bridgehead atoms. The summed E-state index contributed by atoms with van der Waals surface area (Å²) in [5.41, 5.74) is -0.440. The minimum atomic E-state index is -4.03. The first-order chi connectivity index (χ1) is 8.79. The second-order valence-electron chi connectivity index (χ2n) is 3.82. The Morgan fingerprint density at radius 1 is 1.26 bits per heavy atom. The monoisotopic (exact) mass is 288 g/mol. The van der Waals surface area contributed by atoms with Crippen molar-refractivity contribution < 1.29 is 17.2 Å². The summed E-state index contributed by atoms with van der Waals surface area (Å²) in [6.45, 7) is 1.62. The largest absolute Gasteiger partial charge is 0.337 e. The maximum Gasteiger partial charge on any atom is 0.281 e. The number of halogens is 2. The van der Waals surface area contributed by atoms with Gasteiger partial charge in [0, 0.05) is 13.2 Å².